The Bertz CT molecular complexity index is 669. The van der Waals surface area contributed by atoms with Gasteiger partial charge in [0.15, 0.2) is 0 Å². The molecule has 0 bridgehead atoms. The Morgan fingerprint density at radius 2 is 2.29 bits per heavy atom. The van der Waals surface area contributed by atoms with Crippen LogP contribution in [0, 0.1) is 0 Å². The minimum atomic E-state index is -0.156. The van der Waals surface area contributed by atoms with Crippen LogP contribution in [0.4, 0.5) is 0 Å². The molecule has 1 aromatic rings. The lowest BCUT2D eigenvalue weighted by molar-refractivity contribution is -0.138. The molecule has 2 aliphatic heterocycles. The molecular formula is C17H20N2O2S3. The zero-order valence-corrected chi connectivity index (χ0v) is 16.0. The van der Waals surface area contributed by atoms with E-state index in [1.54, 1.807) is 11.3 Å². The lowest BCUT2D eigenvalue weighted by atomic mass is 10.00. The number of thioether (sulfide) groups is 1. The molecule has 1 atom stereocenters. The normalized spacial score (nSPS) is 23.4. The van der Waals surface area contributed by atoms with Crippen molar-refractivity contribution >= 4 is 57.5 Å². The topological polar surface area (TPSA) is 40.6 Å². The molecule has 0 saturated carbocycles. The zero-order chi connectivity index (χ0) is 17.1. The van der Waals surface area contributed by atoms with Gasteiger partial charge in [-0.05, 0) is 43.2 Å². The maximum Gasteiger partial charge on any atom is 0.266 e. The number of hydrogen-bond donors (Lipinski definition) is 0. The molecular weight excluding hydrogens is 360 g/mol. The van der Waals surface area contributed by atoms with Crippen LogP contribution in [0.25, 0.3) is 6.08 Å². The first-order valence-corrected chi connectivity index (χ1v) is 10.3. The van der Waals surface area contributed by atoms with Crippen LogP contribution in [0.1, 0.15) is 37.5 Å². The third kappa shape index (κ3) is 3.73. The van der Waals surface area contributed by atoms with E-state index in [1.807, 2.05) is 28.5 Å². The summed E-state index contributed by atoms with van der Waals surface area (Å²) in [6, 6.07) is 4.20. The summed E-state index contributed by atoms with van der Waals surface area (Å²) in [5.41, 5.74) is 0. The fourth-order valence-electron chi connectivity index (χ4n) is 3.12. The maximum absolute atomic E-state index is 12.7. The van der Waals surface area contributed by atoms with E-state index in [0.717, 1.165) is 30.7 Å². The van der Waals surface area contributed by atoms with Gasteiger partial charge >= 0.3 is 0 Å². The molecule has 3 heterocycles. The number of likely N-dealkylation sites (tertiary alicyclic amines) is 1. The molecule has 4 nitrogen and oxygen atoms in total. The molecule has 128 valence electrons. The number of rotatable bonds is 4. The van der Waals surface area contributed by atoms with E-state index in [9.17, 15) is 9.59 Å². The van der Waals surface area contributed by atoms with Crippen molar-refractivity contribution in [3.63, 3.8) is 0 Å². The van der Waals surface area contributed by atoms with Crippen LogP contribution in [0.3, 0.4) is 0 Å². The van der Waals surface area contributed by atoms with Crippen molar-refractivity contribution in [1.82, 2.24) is 9.80 Å². The summed E-state index contributed by atoms with van der Waals surface area (Å²) in [4.78, 5) is 30.3. The second kappa shape index (κ2) is 7.80. The molecule has 24 heavy (non-hydrogen) atoms. The maximum atomic E-state index is 12.7. The molecule has 2 saturated heterocycles. The minimum absolute atomic E-state index is 0.00947. The first-order valence-electron chi connectivity index (χ1n) is 8.18. The number of nitrogens with zero attached hydrogens (tertiary/aromatic N) is 2. The molecule has 2 fully saturated rings. The van der Waals surface area contributed by atoms with Gasteiger partial charge in [0.2, 0.25) is 5.91 Å². The monoisotopic (exact) mass is 380 g/mol. The van der Waals surface area contributed by atoms with E-state index in [-0.39, 0.29) is 18.4 Å². The van der Waals surface area contributed by atoms with Crippen molar-refractivity contribution in [3.05, 3.63) is 27.3 Å². The Labute approximate surface area is 155 Å². The average Bonchev–Trinajstić information content (AvgIpc) is 3.19. The fraction of sp³-hybridized carbons (Fsp3) is 0.471. The van der Waals surface area contributed by atoms with Crippen molar-refractivity contribution in [2.24, 2.45) is 0 Å². The van der Waals surface area contributed by atoms with Crippen LogP contribution in [0.15, 0.2) is 22.4 Å². The fourth-order valence-corrected chi connectivity index (χ4v) is 5.10. The lowest BCUT2D eigenvalue weighted by Gasteiger charge is -2.36. The SMILES string of the molecule is CC[C@H]1CCCCN1C(=O)CN1C(=O)/C(=C\c2cccs2)SC1=S. The van der Waals surface area contributed by atoms with E-state index >= 15 is 0 Å². The van der Waals surface area contributed by atoms with Gasteiger partial charge in [0.05, 0.1) is 4.91 Å². The average molecular weight is 381 g/mol. The van der Waals surface area contributed by atoms with E-state index < -0.39 is 0 Å². The molecule has 0 aliphatic carbocycles. The van der Waals surface area contributed by atoms with Crippen LogP contribution in [-0.2, 0) is 9.59 Å². The van der Waals surface area contributed by atoms with Gasteiger partial charge in [0.25, 0.3) is 5.91 Å². The van der Waals surface area contributed by atoms with Crippen molar-refractivity contribution in [2.75, 3.05) is 13.1 Å². The number of amides is 2. The number of thiophene rings is 1. The number of carbonyl (C=O) groups is 2. The number of thiocarbonyl (C=S) groups is 1. The van der Waals surface area contributed by atoms with Crippen LogP contribution in [-0.4, -0.2) is 45.1 Å². The highest BCUT2D eigenvalue weighted by atomic mass is 32.2. The summed E-state index contributed by atoms with van der Waals surface area (Å²) in [6.07, 6.45) is 6.08. The van der Waals surface area contributed by atoms with Gasteiger partial charge in [-0.2, -0.15) is 0 Å². The molecule has 7 heteroatoms. The summed E-state index contributed by atoms with van der Waals surface area (Å²) in [6.45, 7) is 2.96. The largest absolute Gasteiger partial charge is 0.338 e. The van der Waals surface area contributed by atoms with Gasteiger partial charge < -0.3 is 4.90 Å². The first-order chi connectivity index (χ1) is 11.6. The van der Waals surface area contributed by atoms with E-state index in [1.165, 1.54) is 23.1 Å². The molecule has 1 aromatic heterocycles. The quantitative estimate of drug-likeness (QED) is 0.589. The van der Waals surface area contributed by atoms with E-state index in [4.69, 9.17) is 12.2 Å². The minimum Gasteiger partial charge on any atom is -0.338 e. The van der Waals surface area contributed by atoms with Crippen LogP contribution >= 0.6 is 35.3 Å². The smallest absolute Gasteiger partial charge is 0.266 e. The molecule has 0 aromatic carbocycles. The number of piperidine rings is 1. The van der Waals surface area contributed by atoms with Gasteiger partial charge in [0, 0.05) is 17.5 Å². The Morgan fingerprint density at radius 1 is 1.46 bits per heavy atom. The standard InChI is InChI=1S/C17H20N2O2S3/c1-2-12-6-3-4-8-18(12)15(20)11-19-16(21)14(24-17(19)22)10-13-7-5-9-23-13/h5,7,9-10,12H,2-4,6,8,11H2,1H3/b14-10+/t12-/m0/s1. The Morgan fingerprint density at radius 3 is 3.00 bits per heavy atom. The highest BCUT2D eigenvalue weighted by molar-refractivity contribution is 8.26. The van der Waals surface area contributed by atoms with Crippen LogP contribution in [0.2, 0.25) is 0 Å². The van der Waals surface area contributed by atoms with Crippen LogP contribution in [0.5, 0.6) is 0 Å². The number of hydrogen-bond acceptors (Lipinski definition) is 5. The molecule has 2 amide bonds. The third-order valence-corrected chi connectivity index (χ3v) is 6.60. The Hall–Kier alpha value is -1.18. The Balaban J connectivity index is 1.69. The zero-order valence-electron chi connectivity index (χ0n) is 13.6. The summed E-state index contributed by atoms with van der Waals surface area (Å²) in [7, 11) is 0. The summed E-state index contributed by atoms with van der Waals surface area (Å²) < 4.78 is 0.473. The lowest BCUT2D eigenvalue weighted by Crippen LogP contribution is -2.48. The summed E-state index contributed by atoms with van der Waals surface area (Å²) >= 11 is 8.18. The molecule has 0 N–H and O–H groups in total. The van der Waals surface area contributed by atoms with Gasteiger partial charge in [-0.25, -0.2) is 0 Å². The van der Waals surface area contributed by atoms with Crippen molar-refractivity contribution in [2.45, 2.75) is 38.6 Å². The first kappa shape index (κ1) is 17.6. The Kier molecular flexibility index (Phi) is 5.73. The second-order valence-electron chi connectivity index (χ2n) is 5.93. The van der Waals surface area contributed by atoms with Crippen molar-refractivity contribution in [1.29, 1.82) is 0 Å². The van der Waals surface area contributed by atoms with Gasteiger partial charge in [-0.1, -0.05) is 37.0 Å². The molecule has 0 unspecified atom stereocenters. The van der Waals surface area contributed by atoms with Crippen molar-refractivity contribution < 1.29 is 9.59 Å². The highest BCUT2D eigenvalue weighted by Gasteiger charge is 2.35. The van der Waals surface area contributed by atoms with Crippen molar-refractivity contribution in [3.8, 4) is 0 Å². The number of carbonyl (C=O) groups excluding carboxylic acids is 2. The van der Waals surface area contributed by atoms with E-state index in [2.05, 4.69) is 6.92 Å². The molecule has 0 radical (unpaired) electrons. The molecule has 2 aliphatic rings. The van der Waals surface area contributed by atoms with Gasteiger partial charge in [-0.3, -0.25) is 14.5 Å². The second-order valence-corrected chi connectivity index (χ2v) is 8.58. The van der Waals surface area contributed by atoms with Gasteiger partial charge in [0.1, 0.15) is 10.9 Å². The predicted molar refractivity (Wildman–Crippen MR) is 104 cm³/mol. The molecule has 0 spiro atoms. The summed E-state index contributed by atoms with van der Waals surface area (Å²) in [5.74, 6) is -0.146. The van der Waals surface area contributed by atoms with Gasteiger partial charge in [-0.15, -0.1) is 11.3 Å². The highest BCUT2D eigenvalue weighted by Crippen LogP contribution is 2.33. The van der Waals surface area contributed by atoms with Crippen LogP contribution < -0.4 is 0 Å². The van der Waals surface area contributed by atoms with E-state index in [0.29, 0.717) is 15.3 Å². The predicted octanol–water partition coefficient (Wildman–Crippen LogP) is 3.74. The third-order valence-electron chi connectivity index (χ3n) is 4.40. The summed E-state index contributed by atoms with van der Waals surface area (Å²) in [5, 5.41) is 1.97. The molecule has 3 rings (SSSR count).